The molecule has 0 aliphatic rings. The van der Waals surface area contributed by atoms with Crippen molar-refractivity contribution in [2.45, 2.75) is 19.3 Å². The minimum absolute atomic E-state index is 0.339. The Bertz CT molecular complexity index is 772. The zero-order valence-corrected chi connectivity index (χ0v) is 15.2. The molecule has 0 heterocycles. The van der Waals surface area contributed by atoms with Crippen LogP contribution < -0.4 is 4.90 Å². The molecule has 0 fully saturated rings. The van der Waals surface area contributed by atoms with E-state index in [-0.39, 0.29) is 5.97 Å². The Morgan fingerprint density at radius 1 is 1.00 bits per heavy atom. The van der Waals surface area contributed by atoms with Crippen LogP contribution in [0.2, 0.25) is 0 Å². The molecule has 0 aromatic heterocycles. The first-order valence-electron chi connectivity index (χ1n) is 8.50. The molecule has 0 aliphatic carbocycles. The quantitative estimate of drug-likeness (QED) is 0.287. The van der Waals surface area contributed by atoms with Crippen LogP contribution in [0.5, 0.6) is 0 Å². The molecule has 5 nitrogen and oxygen atoms in total. The van der Waals surface area contributed by atoms with Gasteiger partial charge >= 0.3 is 5.97 Å². The molecule has 0 N–H and O–H groups in total. The molecule has 2 rings (SSSR count). The molecular formula is C21H23N3O2. The number of rotatable bonds is 8. The number of esters is 1. The first-order valence-corrected chi connectivity index (χ1v) is 8.50. The van der Waals surface area contributed by atoms with Crippen molar-refractivity contribution in [1.29, 1.82) is 0 Å². The molecule has 0 radical (unpaired) electrons. The normalized spacial score (nSPS) is 10.5. The molecule has 2 aromatic carbocycles. The molecule has 0 unspecified atom stereocenters. The lowest BCUT2D eigenvalue weighted by atomic mass is 10.2. The minimum Gasteiger partial charge on any atom is -0.462 e. The number of ether oxygens (including phenoxy) is 1. The van der Waals surface area contributed by atoms with Crippen molar-refractivity contribution < 1.29 is 9.53 Å². The minimum atomic E-state index is -0.339. The Labute approximate surface area is 154 Å². The highest BCUT2D eigenvalue weighted by atomic mass is 16.5. The number of unbranched alkanes of at least 4 members (excludes halogenated alkanes) is 2. The van der Waals surface area contributed by atoms with Gasteiger partial charge in [-0.1, -0.05) is 0 Å². The summed E-state index contributed by atoms with van der Waals surface area (Å²) < 4.78 is 5.21. The van der Waals surface area contributed by atoms with Gasteiger partial charge in [-0.25, -0.2) is 4.79 Å². The van der Waals surface area contributed by atoms with Gasteiger partial charge in [-0.2, -0.15) is 10.2 Å². The number of carbonyl (C=O) groups is 1. The largest absolute Gasteiger partial charge is 0.462 e. The van der Waals surface area contributed by atoms with Gasteiger partial charge in [0.1, 0.15) is 0 Å². The molecule has 0 bridgehead atoms. The summed E-state index contributed by atoms with van der Waals surface area (Å²) in [5.74, 6) is 2.22. The molecule has 5 heteroatoms. The average Bonchev–Trinajstić information content (AvgIpc) is 2.66. The van der Waals surface area contributed by atoms with Gasteiger partial charge in [-0.3, -0.25) is 0 Å². The number of terminal acetylenes is 1. The Balaban J connectivity index is 1.88. The van der Waals surface area contributed by atoms with E-state index in [1.54, 1.807) is 24.3 Å². The summed E-state index contributed by atoms with van der Waals surface area (Å²) in [5, 5.41) is 8.39. The zero-order valence-electron chi connectivity index (χ0n) is 15.2. The van der Waals surface area contributed by atoms with E-state index >= 15 is 0 Å². The molecule has 0 amide bonds. The van der Waals surface area contributed by atoms with Gasteiger partial charge in [0.25, 0.3) is 0 Å². The SMILES string of the molecule is C#CCCCCOC(=O)c1ccc(N=Nc2ccc(N(C)C)cc2)cc1. The Morgan fingerprint density at radius 2 is 1.58 bits per heavy atom. The maximum absolute atomic E-state index is 11.9. The summed E-state index contributed by atoms with van der Waals surface area (Å²) in [7, 11) is 3.97. The maximum Gasteiger partial charge on any atom is 0.338 e. The summed E-state index contributed by atoms with van der Waals surface area (Å²) in [4.78, 5) is 14.0. The van der Waals surface area contributed by atoms with Gasteiger partial charge in [0.15, 0.2) is 0 Å². The standard InChI is InChI=1S/C21H23N3O2/c1-4-5-6-7-16-26-21(25)17-8-10-18(11-9-17)22-23-19-12-14-20(15-13-19)24(2)3/h1,8-15H,5-7,16H2,2-3H3. The van der Waals surface area contributed by atoms with Crippen LogP contribution in [0.4, 0.5) is 17.1 Å². The average molecular weight is 349 g/mol. The van der Waals surface area contributed by atoms with Crippen molar-refractivity contribution in [1.82, 2.24) is 0 Å². The van der Waals surface area contributed by atoms with E-state index in [4.69, 9.17) is 11.2 Å². The third-order valence-electron chi connectivity index (χ3n) is 3.70. The Hall–Kier alpha value is -3.13. The van der Waals surface area contributed by atoms with E-state index in [1.165, 1.54) is 0 Å². The van der Waals surface area contributed by atoms with Crippen LogP contribution in [0.1, 0.15) is 29.6 Å². The van der Waals surface area contributed by atoms with Crippen molar-refractivity contribution in [2.24, 2.45) is 10.2 Å². The van der Waals surface area contributed by atoms with E-state index in [9.17, 15) is 4.79 Å². The van der Waals surface area contributed by atoms with Crippen LogP contribution >= 0.6 is 0 Å². The first kappa shape index (κ1) is 19.2. The molecule has 0 saturated carbocycles. The van der Waals surface area contributed by atoms with E-state index in [2.05, 4.69) is 16.1 Å². The molecule has 134 valence electrons. The lowest BCUT2D eigenvalue weighted by Crippen LogP contribution is -2.07. The topological polar surface area (TPSA) is 54.3 Å². The summed E-state index contributed by atoms with van der Waals surface area (Å²) in [6, 6.07) is 14.6. The molecule has 0 atom stereocenters. The number of benzene rings is 2. The second-order valence-electron chi connectivity index (χ2n) is 5.95. The lowest BCUT2D eigenvalue weighted by molar-refractivity contribution is 0.0499. The van der Waals surface area contributed by atoms with Crippen molar-refractivity contribution >= 4 is 23.0 Å². The smallest absolute Gasteiger partial charge is 0.338 e. The summed E-state index contributed by atoms with van der Waals surface area (Å²) in [6.45, 7) is 0.380. The van der Waals surface area contributed by atoms with Crippen molar-refractivity contribution in [2.75, 3.05) is 25.6 Å². The fourth-order valence-electron chi connectivity index (χ4n) is 2.17. The zero-order chi connectivity index (χ0) is 18.8. The van der Waals surface area contributed by atoms with Crippen molar-refractivity contribution in [3.05, 3.63) is 54.1 Å². The molecular weight excluding hydrogens is 326 g/mol. The van der Waals surface area contributed by atoms with Gasteiger partial charge in [0.05, 0.1) is 23.5 Å². The fraction of sp³-hybridized carbons (Fsp3) is 0.286. The molecule has 0 spiro atoms. The third kappa shape index (κ3) is 6.06. The van der Waals surface area contributed by atoms with Gasteiger partial charge in [0, 0.05) is 26.2 Å². The number of hydrogen-bond acceptors (Lipinski definition) is 5. The number of carbonyl (C=O) groups excluding carboxylic acids is 1. The van der Waals surface area contributed by atoms with Crippen molar-refractivity contribution in [3.8, 4) is 12.3 Å². The molecule has 2 aromatic rings. The monoisotopic (exact) mass is 349 g/mol. The fourth-order valence-corrected chi connectivity index (χ4v) is 2.17. The lowest BCUT2D eigenvalue weighted by Gasteiger charge is -2.11. The molecule has 0 aliphatic heterocycles. The Morgan fingerprint density at radius 3 is 2.12 bits per heavy atom. The van der Waals surface area contributed by atoms with E-state index in [0.717, 1.165) is 24.2 Å². The summed E-state index contributed by atoms with van der Waals surface area (Å²) in [5.41, 5.74) is 3.04. The predicted molar refractivity (Wildman–Crippen MR) is 104 cm³/mol. The maximum atomic E-state index is 11.9. The highest BCUT2D eigenvalue weighted by Crippen LogP contribution is 2.21. The second kappa shape index (κ2) is 10.00. The summed E-state index contributed by atoms with van der Waals surface area (Å²) >= 11 is 0. The summed E-state index contributed by atoms with van der Waals surface area (Å²) in [6.07, 6.45) is 7.52. The number of azo groups is 1. The Kier molecular flexibility index (Phi) is 7.38. The van der Waals surface area contributed by atoms with E-state index < -0.39 is 0 Å². The molecule has 0 saturated heterocycles. The van der Waals surface area contributed by atoms with Crippen molar-refractivity contribution in [3.63, 3.8) is 0 Å². The number of hydrogen-bond donors (Lipinski definition) is 0. The van der Waals surface area contributed by atoms with Crippen LogP contribution in [-0.4, -0.2) is 26.7 Å². The second-order valence-corrected chi connectivity index (χ2v) is 5.95. The van der Waals surface area contributed by atoms with Gasteiger partial charge in [-0.15, -0.1) is 12.3 Å². The van der Waals surface area contributed by atoms with Gasteiger partial charge in [0.2, 0.25) is 0 Å². The third-order valence-corrected chi connectivity index (χ3v) is 3.70. The van der Waals surface area contributed by atoms with Gasteiger partial charge < -0.3 is 9.64 Å². The van der Waals surface area contributed by atoms with Crippen LogP contribution in [0, 0.1) is 12.3 Å². The first-order chi connectivity index (χ1) is 12.6. The van der Waals surface area contributed by atoms with E-state index in [0.29, 0.717) is 24.3 Å². The number of nitrogens with zero attached hydrogens (tertiary/aromatic N) is 3. The van der Waals surface area contributed by atoms with Crippen LogP contribution in [0.25, 0.3) is 0 Å². The van der Waals surface area contributed by atoms with Gasteiger partial charge in [-0.05, 0) is 61.4 Å². The van der Waals surface area contributed by atoms with Crippen LogP contribution in [0.3, 0.4) is 0 Å². The van der Waals surface area contributed by atoms with Crippen LogP contribution in [-0.2, 0) is 4.74 Å². The number of anilines is 1. The predicted octanol–water partition coefficient (Wildman–Crippen LogP) is 5.13. The highest BCUT2D eigenvalue weighted by Gasteiger charge is 2.06. The van der Waals surface area contributed by atoms with E-state index in [1.807, 2.05) is 43.3 Å². The van der Waals surface area contributed by atoms with Crippen LogP contribution in [0.15, 0.2) is 58.8 Å². The molecule has 26 heavy (non-hydrogen) atoms. The highest BCUT2D eigenvalue weighted by molar-refractivity contribution is 5.89.